The Morgan fingerprint density at radius 2 is 1.94 bits per heavy atom. The molecule has 1 heterocycles. The fraction of sp³-hybridized carbons (Fsp3) is 0.429. The minimum Gasteiger partial charge on any atom is -0.494 e. The van der Waals surface area contributed by atoms with Crippen molar-refractivity contribution in [3.8, 4) is 17.1 Å². The van der Waals surface area contributed by atoms with Crippen molar-refractivity contribution in [1.82, 2.24) is 14.8 Å². The monoisotopic (exact) mass is 245 g/mol. The second-order valence-electron chi connectivity index (χ2n) is 4.66. The largest absolute Gasteiger partial charge is 0.494 e. The van der Waals surface area contributed by atoms with Gasteiger partial charge < -0.3 is 9.30 Å². The van der Waals surface area contributed by atoms with Crippen molar-refractivity contribution in [2.24, 2.45) is 5.92 Å². The molecular weight excluding hydrogens is 226 g/mol. The maximum Gasteiger partial charge on any atom is 0.163 e. The molecule has 0 atom stereocenters. The molecule has 0 amide bonds. The van der Waals surface area contributed by atoms with Crippen LogP contribution in [0.2, 0.25) is 0 Å². The van der Waals surface area contributed by atoms with Gasteiger partial charge in [-0.05, 0) is 37.1 Å². The van der Waals surface area contributed by atoms with Gasteiger partial charge in [0.15, 0.2) is 5.82 Å². The van der Waals surface area contributed by atoms with Crippen molar-refractivity contribution in [1.29, 1.82) is 0 Å². The van der Waals surface area contributed by atoms with E-state index in [-0.39, 0.29) is 0 Å². The van der Waals surface area contributed by atoms with Gasteiger partial charge in [-0.1, -0.05) is 13.8 Å². The lowest BCUT2D eigenvalue weighted by Crippen LogP contribution is -2.05. The van der Waals surface area contributed by atoms with Gasteiger partial charge in [0.1, 0.15) is 12.1 Å². The normalized spacial score (nSPS) is 10.9. The standard InChI is InChI=1S/C14H19N3O/c1-4-18-13-7-5-12(6-8-13)14-16-15-10-17(14)9-11(2)3/h5-8,10-11H,4,9H2,1-3H3. The van der Waals surface area contributed by atoms with Crippen LogP contribution < -0.4 is 4.74 Å². The van der Waals surface area contributed by atoms with Crippen LogP contribution in [0.15, 0.2) is 30.6 Å². The molecule has 0 aliphatic rings. The lowest BCUT2D eigenvalue weighted by atomic mass is 10.2. The molecule has 96 valence electrons. The Balaban J connectivity index is 2.23. The van der Waals surface area contributed by atoms with E-state index in [0.717, 1.165) is 23.7 Å². The van der Waals surface area contributed by atoms with Crippen molar-refractivity contribution in [3.05, 3.63) is 30.6 Å². The van der Waals surface area contributed by atoms with Crippen LogP contribution in [0.3, 0.4) is 0 Å². The fourth-order valence-electron chi connectivity index (χ4n) is 1.87. The van der Waals surface area contributed by atoms with Crippen LogP contribution in [0.4, 0.5) is 0 Å². The van der Waals surface area contributed by atoms with E-state index in [1.54, 1.807) is 6.33 Å². The topological polar surface area (TPSA) is 39.9 Å². The van der Waals surface area contributed by atoms with Crippen LogP contribution in [0.1, 0.15) is 20.8 Å². The maximum atomic E-state index is 5.43. The van der Waals surface area contributed by atoms with E-state index in [0.29, 0.717) is 12.5 Å². The summed E-state index contributed by atoms with van der Waals surface area (Å²) in [7, 11) is 0. The van der Waals surface area contributed by atoms with Gasteiger partial charge in [0.25, 0.3) is 0 Å². The predicted molar refractivity (Wildman–Crippen MR) is 71.5 cm³/mol. The molecule has 1 aromatic carbocycles. The van der Waals surface area contributed by atoms with Gasteiger partial charge in [0.05, 0.1) is 6.61 Å². The van der Waals surface area contributed by atoms with Crippen molar-refractivity contribution >= 4 is 0 Å². The quantitative estimate of drug-likeness (QED) is 0.813. The summed E-state index contributed by atoms with van der Waals surface area (Å²) in [6, 6.07) is 7.97. The zero-order valence-corrected chi connectivity index (χ0v) is 11.1. The molecule has 0 aliphatic heterocycles. The molecule has 0 unspecified atom stereocenters. The Bertz CT molecular complexity index is 488. The van der Waals surface area contributed by atoms with Crippen LogP contribution in [0.25, 0.3) is 11.4 Å². The van der Waals surface area contributed by atoms with E-state index in [9.17, 15) is 0 Å². The second-order valence-corrected chi connectivity index (χ2v) is 4.66. The van der Waals surface area contributed by atoms with E-state index in [1.807, 2.05) is 31.2 Å². The Morgan fingerprint density at radius 1 is 1.22 bits per heavy atom. The first-order chi connectivity index (χ1) is 8.70. The summed E-state index contributed by atoms with van der Waals surface area (Å²) in [5.74, 6) is 2.37. The minimum atomic E-state index is 0.572. The average molecular weight is 245 g/mol. The van der Waals surface area contributed by atoms with Gasteiger partial charge in [0, 0.05) is 12.1 Å². The van der Waals surface area contributed by atoms with Gasteiger partial charge in [0.2, 0.25) is 0 Å². The summed E-state index contributed by atoms with van der Waals surface area (Å²) in [6.07, 6.45) is 1.78. The first kappa shape index (κ1) is 12.6. The number of aromatic nitrogens is 3. The first-order valence-electron chi connectivity index (χ1n) is 6.31. The highest BCUT2D eigenvalue weighted by Gasteiger charge is 2.08. The number of nitrogens with zero attached hydrogens (tertiary/aromatic N) is 3. The van der Waals surface area contributed by atoms with E-state index in [2.05, 4.69) is 28.6 Å². The van der Waals surface area contributed by atoms with Crippen LogP contribution in [-0.2, 0) is 6.54 Å². The van der Waals surface area contributed by atoms with E-state index in [1.165, 1.54) is 0 Å². The molecule has 0 aliphatic carbocycles. The van der Waals surface area contributed by atoms with Crippen molar-refractivity contribution in [2.75, 3.05) is 6.61 Å². The fourth-order valence-corrected chi connectivity index (χ4v) is 1.87. The Hall–Kier alpha value is -1.84. The second kappa shape index (κ2) is 5.67. The Morgan fingerprint density at radius 3 is 2.56 bits per heavy atom. The van der Waals surface area contributed by atoms with Crippen molar-refractivity contribution < 1.29 is 4.74 Å². The molecule has 2 rings (SSSR count). The summed E-state index contributed by atoms with van der Waals surface area (Å²) in [6.45, 7) is 7.95. The molecule has 0 radical (unpaired) electrons. The Kier molecular flexibility index (Phi) is 3.97. The van der Waals surface area contributed by atoms with E-state index < -0.39 is 0 Å². The molecule has 0 bridgehead atoms. The van der Waals surface area contributed by atoms with E-state index >= 15 is 0 Å². The lowest BCUT2D eigenvalue weighted by molar-refractivity contribution is 0.340. The maximum absolute atomic E-state index is 5.43. The molecular formula is C14H19N3O. The van der Waals surface area contributed by atoms with Gasteiger partial charge in [-0.15, -0.1) is 10.2 Å². The summed E-state index contributed by atoms with van der Waals surface area (Å²) in [4.78, 5) is 0. The number of ether oxygens (including phenoxy) is 1. The van der Waals surface area contributed by atoms with Crippen LogP contribution in [0.5, 0.6) is 5.75 Å². The predicted octanol–water partition coefficient (Wildman–Crippen LogP) is 3.00. The third-order valence-electron chi connectivity index (χ3n) is 2.60. The molecule has 2 aromatic rings. The summed E-state index contributed by atoms with van der Waals surface area (Å²) in [5, 5.41) is 8.18. The number of rotatable bonds is 5. The summed E-state index contributed by atoms with van der Waals surface area (Å²) >= 11 is 0. The molecule has 18 heavy (non-hydrogen) atoms. The molecule has 4 nitrogen and oxygen atoms in total. The summed E-state index contributed by atoms with van der Waals surface area (Å²) < 4.78 is 7.51. The molecule has 0 saturated heterocycles. The summed E-state index contributed by atoms with van der Waals surface area (Å²) in [5.41, 5.74) is 1.07. The zero-order chi connectivity index (χ0) is 13.0. The van der Waals surface area contributed by atoms with Gasteiger partial charge in [-0.3, -0.25) is 0 Å². The smallest absolute Gasteiger partial charge is 0.163 e. The van der Waals surface area contributed by atoms with Crippen LogP contribution in [0, 0.1) is 5.92 Å². The third-order valence-corrected chi connectivity index (χ3v) is 2.60. The highest BCUT2D eigenvalue weighted by molar-refractivity contribution is 5.56. The van der Waals surface area contributed by atoms with Crippen LogP contribution in [-0.4, -0.2) is 21.4 Å². The van der Waals surface area contributed by atoms with Gasteiger partial charge in [-0.2, -0.15) is 0 Å². The highest BCUT2D eigenvalue weighted by atomic mass is 16.5. The molecule has 4 heteroatoms. The lowest BCUT2D eigenvalue weighted by Gasteiger charge is -2.09. The zero-order valence-electron chi connectivity index (χ0n) is 11.1. The van der Waals surface area contributed by atoms with Crippen molar-refractivity contribution in [2.45, 2.75) is 27.3 Å². The Labute approximate surface area is 108 Å². The molecule has 0 spiro atoms. The molecule has 0 N–H and O–H groups in total. The van der Waals surface area contributed by atoms with Crippen molar-refractivity contribution in [3.63, 3.8) is 0 Å². The SMILES string of the molecule is CCOc1ccc(-c2nncn2CC(C)C)cc1. The third kappa shape index (κ3) is 2.88. The number of hydrogen-bond acceptors (Lipinski definition) is 3. The average Bonchev–Trinajstić information content (AvgIpc) is 2.78. The molecule has 0 fully saturated rings. The minimum absolute atomic E-state index is 0.572. The molecule has 1 aromatic heterocycles. The first-order valence-corrected chi connectivity index (χ1v) is 6.31. The van der Waals surface area contributed by atoms with Crippen LogP contribution >= 0.6 is 0 Å². The van der Waals surface area contributed by atoms with Gasteiger partial charge >= 0.3 is 0 Å². The highest BCUT2D eigenvalue weighted by Crippen LogP contribution is 2.21. The number of benzene rings is 1. The molecule has 0 saturated carbocycles. The van der Waals surface area contributed by atoms with Gasteiger partial charge in [-0.25, -0.2) is 0 Å². The van der Waals surface area contributed by atoms with E-state index in [4.69, 9.17) is 4.74 Å². The number of hydrogen-bond donors (Lipinski definition) is 0.